The molecule has 0 aromatic carbocycles. The lowest BCUT2D eigenvalue weighted by Gasteiger charge is -2.31. The van der Waals surface area contributed by atoms with E-state index in [-0.39, 0.29) is 12.0 Å². The number of carbonyl (C=O) groups excluding carboxylic acids is 1. The molecule has 8 heteroatoms. The van der Waals surface area contributed by atoms with Crippen LogP contribution >= 0.6 is 11.3 Å². The van der Waals surface area contributed by atoms with Gasteiger partial charge in [-0.15, -0.1) is 11.3 Å². The lowest BCUT2D eigenvalue weighted by Crippen LogP contribution is -2.44. The minimum atomic E-state index is -0.101. The molecule has 7 nitrogen and oxygen atoms in total. The standard InChI is InChI=1S/C17H17N5O2S/c23-16(14-10-13(20-21-14)15-5-2-9-25-15)22-8-1-4-12(11-22)24-17-18-6-3-7-19-17/h2-3,5-7,9-10,12H,1,4,8,11H2,(H,20,21). The van der Waals surface area contributed by atoms with Crippen molar-refractivity contribution in [2.24, 2.45) is 0 Å². The fourth-order valence-corrected chi connectivity index (χ4v) is 3.56. The fraction of sp³-hybridized carbons (Fsp3) is 0.294. The van der Waals surface area contributed by atoms with E-state index in [0.717, 1.165) is 23.4 Å². The Morgan fingerprint density at radius 3 is 3.00 bits per heavy atom. The van der Waals surface area contributed by atoms with Crippen molar-refractivity contribution in [2.45, 2.75) is 18.9 Å². The fourth-order valence-electron chi connectivity index (χ4n) is 2.87. The molecule has 0 spiro atoms. The van der Waals surface area contributed by atoms with Gasteiger partial charge in [0, 0.05) is 18.9 Å². The molecule has 1 aliphatic heterocycles. The maximum Gasteiger partial charge on any atom is 0.316 e. The first kappa shape index (κ1) is 15.8. The number of ether oxygens (including phenoxy) is 1. The number of hydrogen-bond acceptors (Lipinski definition) is 6. The van der Waals surface area contributed by atoms with E-state index in [1.54, 1.807) is 40.8 Å². The van der Waals surface area contributed by atoms with Crippen LogP contribution in [0.15, 0.2) is 42.0 Å². The zero-order chi connectivity index (χ0) is 17.1. The average molecular weight is 355 g/mol. The van der Waals surface area contributed by atoms with E-state index in [0.29, 0.717) is 24.8 Å². The van der Waals surface area contributed by atoms with Crippen molar-refractivity contribution in [2.75, 3.05) is 13.1 Å². The van der Waals surface area contributed by atoms with E-state index < -0.39 is 0 Å². The Balaban J connectivity index is 1.43. The molecule has 0 saturated carbocycles. The van der Waals surface area contributed by atoms with Crippen molar-refractivity contribution in [1.82, 2.24) is 25.1 Å². The molecule has 1 amide bonds. The predicted molar refractivity (Wildman–Crippen MR) is 93.5 cm³/mol. The molecule has 1 fully saturated rings. The highest BCUT2D eigenvalue weighted by atomic mass is 32.1. The lowest BCUT2D eigenvalue weighted by molar-refractivity contribution is 0.0510. The summed E-state index contributed by atoms with van der Waals surface area (Å²) in [6.07, 6.45) is 4.94. The van der Waals surface area contributed by atoms with E-state index >= 15 is 0 Å². The van der Waals surface area contributed by atoms with Crippen LogP contribution in [0.2, 0.25) is 0 Å². The molecule has 1 saturated heterocycles. The number of likely N-dealkylation sites (tertiary alicyclic amines) is 1. The Morgan fingerprint density at radius 2 is 2.20 bits per heavy atom. The highest BCUT2D eigenvalue weighted by molar-refractivity contribution is 7.13. The van der Waals surface area contributed by atoms with E-state index in [4.69, 9.17) is 4.74 Å². The molecular weight excluding hydrogens is 338 g/mol. The number of H-pyrrole nitrogens is 1. The maximum atomic E-state index is 12.7. The van der Waals surface area contributed by atoms with Crippen LogP contribution in [0.4, 0.5) is 0 Å². The number of nitrogens with one attached hydrogen (secondary N) is 1. The Bertz CT molecular complexity index is 834. The second-order valence-corrected chi connectivity index (χ2v) is 6.76. The van der Waals surface area contributed by atoms with Crippen LogP contribution in [0, 0.1) is 0 Å². The van der Waals surface area contributed by atoms with Gasteiger partial charge in [-0.3, -0.25) is 9.89 Å². The van der Waals surface area contributed by atoms with Gasteiger partial charge in [0.15, 0.2) is 5.69 Å². The molecule has 1 atom stereocenters. The van der Waals surface area contributed by atoms with Crippen molar-refractivity contribution < 1.29 is 9.53 Å². The van der Waals surface area contributed by atoms with Crippen LogP contribution in [-0.2, 0) is 0 Å². The Labute approximate surface area is 148 Å². The summed E-state index contributed by atoms with van der Waals surface area (Å²) in [5, 5.41) is 9.12. The largest absolute Gasteiger partial charge is 0.458 e. The van der Waals surface area contributed by atoms with E-state index in [1.165, 1.54) is 0 Å². The molecule has 1 aliphatic rings. The van der Waals surface area contributed by atoms with Crippen LogP contribution in [0.5, 0.6) is 6.01 Å². The molecule has 3 aromatic heterocycles. The quantitative estimate of drug-likeness (QED) is 0.778. The van der Waals surface area contributed by atoms with Gasteiger partial charge in [-0.2, -0.15) is 5.10 Å². The number of rotatable bonds is 4. The zero-order valence-corrected chi connectivity index (χ0v) is 14.3. The number of aromatic nitrogens is 4. The highest BCUT2D eigenvalue weighted by Crippen LogP contribution is 2.24. The molecule has 0 aliphatic carbocycles. The smallest absolute Gasteiger partial charge is 0.316 e. The van der Waals surface area contributed by atoms with E-state index in [9.17, 15) is 4.79 Å². The van der Waals surface area contributed by atoms with Crippen molar-refractivity contribution in [3.8, 4) is 16.6 Å². The van der Waals surface area contributed by atoms with Gasteiger partial charge in [-0.1, -0.05) is 6.07 Å². The van der Waals surface area contributed by atoms with Gasteiger partial charge in [0.05, 0.1) is 17.1 Å². The SMILES string of the molecule is O=C(c1cc(-c2cccs2)[nH]n1)N1CCCC(Oc2ncccn2)C1. The molecule has 0 bridgehead atoms. The number of amides is 1. The summed E-state index contributed by atoms with van der Waals surface area (Å²) in [5.74, 6) is -0.0821. The van der Waals surface area contributed by atoms with Crippen LogP contribution in [0.25, 0.3) is 10.6 Å². The monoisotopic (exact) mass is 355 g/mol. The number of carbonyl (C=O) groups is 1. The summed E-state index contributed by atoms with van der Waals surface area (Å²) in [5.41, 5.74) is 1.29. The van der Waals surface area contributed by atoms with Crippen molar-refractivity contribution >= 4 is 17.2 Å². The summed E-state index contributed by atoms with van der Waals surface area (Å²) in [6.45, 7) is 1.22. The van der Waals surface area contributed by atoms with Crippen LogP contribution in [0.1, 0.15) is 23.3 Å². The molecule has 1 N–H and O–H groups in total. The van der Waals surface area contributed by atoms with Gasteiger partial charge in [0.2, 0.25) is 0 Å². The Hall–Kier alpha value is -2.74. The summed E-state index contributed by atoms with van der Waals surface area (Å²) < 4.78 is 5.79. The number of piperidine rings is 1. The predicted octanol–water partition coefficient (Wildman–Crippen LogP) is 2.61. The molecule has 25 heavy (non-hydrogen) atoms. The number of aromatic amines is 1. The zero-order valence-electron chi connectivity index (χ0n) is 13.5. The third kappa shape index (κ3) is 3.53. The van der Waals surface area contributed by atoms with E-state index in [2.05, 4.69) is 20.2 Å². The van der Waals surface area contributed by atoms with Gasteiger partial charge in [-0.25, -0.2) is 9.97 Å². The summed E-state index contributed by atoms with van der Waals surface area (Å²) in [7, 11) is 0. The number of hydrogen-bond donors (Lipinski definition) is 1. The van der Waals surface area contributed by atoms with Gasteiger partial charge < -0.3 is 9.64 Å². The van der Waals surface area contributed by atoms with Crippen LogP contribution in [-0.4, -0.2) is 50.2 Å². The summed E-state index contributed by atoms with van der Waals surface area (Å²) in [4.78, 5) is 23.7. The minimum absolute atomic E-state index is 0.0821. The van der Waals surface area contributed by atoms with E-state index in [1.807, 2.05) is 17.5 Å². The molecule has 1 unspecified atom stereocenters. The second-order valence-electron chi connectivity index (χ2n) is 5.81. The van der Waals surface area contributed by atoms with Gasteiger partial charge in [0.25, 0.3) is 5.91 Å². The van der Waals surface area contributed by atoms with Gasteiger partial charge >= 0.3 is 6.01 Å². The molecular formula is C17H17N5O2S. The molecule has 128 valence electrons. The Morgan fingerprint density at radius 1 is 1.32 bits per heavy atom. The summed E-state index contributed by atoms with van der Waals surface area (Å²) >= 11 is 1.61. The van der Waals surface area contributed by atoms with Crippen molar-refractivity contribution in [1.29, 1.82) is 0 Å². The third-order valence-electron chi connectivity index (χ3n) is 4.06. The number of nitrogens with zero attached hydrogens (tertiary/aromatic N) is 4. The van der Waals surface area contributed by atoms with Gasteiger partial charge in [0.1, 0.15) is 6.10 Å². The Kier molecular flexibility index (Phi) is 4.43. The molecule has 4 rings (SSSR count). The summed E-state index contributed by atoms with van der Waals surface area (Å²) in [6, 6.07) is 7.87. The van der Waals surface area contributed by atoms with Gasteiger partial charge in [-0.05, 0) is 36.4 Å². The first-order valence-electron chi connectivity index (χ1n) is 8.12. The van der Waals surface area contributed by atoms with Crippen LogP contribution in [0.3, 0.4) is 0 Å². The normalized spacial score (nSPS) is 17.4. The van der Waals surface area contributed by atoms with Crippen molar-refractivity contribution in [3.05, 3.63) is 47.7 Å². The number of thiophene rings is 1. The second kappa shape index (κ2) is 7.02. The topological polar surface area (TPSA) is 84.0 Å². The van der Waals surface area contributed by atoms with Crippen molar-refractivity contribution in [3.63, 3.8) is 0 Å². The first-order chi connectivity index (χ1) is 12.3. The average Bonchev–Trinajstić information content (AvgIpc) is 3.34. The van der Waals surface area contributed by atoms with Crippen LogP contribution < -0.4 is 4.74 Å². The molecule has 0 radical (unpaired) electrons. The molecule has 4 heterocycles. The maximum absolute atomic E-state index is 12.7. The first-order valence-corrected chi connectivity index (χ1v) is 9.00. The highest BCUT2D eigenvalue weighted by Gasteiger charge is 2.27. The minimum Gasteiger partial charge on any atom is -0.458 e. The lowest BCUT2D eigenvalue weighted by atomic mass is 10.1. The third-order valence-corrected chi connectivity index (χ3v) is 4.97. The molecule has 3 aromatic rings.